The van der Waals surface area contributed by atoms with E-state index in [0.717, 1.165) is 6.54 Å². The molecule has 1 rings (SSSR count). The molecule has 0 aliphatic carbocycles. The summed E-state index contributed by atoms with van der Waals surface area (Å²) >= 11 is 0. The third kappa shape index (κ3) is 1.90. The molecule has 0 spiro atoms. The maximum atomic E-state index is 8.50. The summed E-state index contributed by atoms with van der Waals surface area (Å²) in [4.78, 5) is 2.00. The molecule has 0 amide bonds. The highest BCUT2D eigenvalue weighted by molar-refractivity contribution is 5.04. The number of rotatable bonds is 2. The topological polar surface area (TPSA) is 23.5 Å². The van der Waals surface area contributed by atoms with E-state index in [1.807, 2.05) is 23.3 Å². The van der Waals surface area contributed by atoms with Crippen molar-refractivity contribution in [2.75, 3.05) is 19.7 Å². The second kappa shape index (κ2) is 3.30. The van der Waals surface area contributed by atoms with E-state index in [0.29, 0.717) is 6.54 Å². The van der Waals surface area contributed by atoms with E-state index in [9.17, 15) is 0 Å². The van der Waals surface area contributed by atoms with Crippen molar-refractivity contribution < 1.29 is 5.11 Å². The minimum absolute atomic E-state index is 0.214. The first-order valence-electron chi connectivity index (χ1n) is 3.02. The summed E-state index contributed by atoms with van der Waals surface area (Å²) in [6.45, 7) is 1.72. The molecule has 1 N–H and O–H groups in total. The van der Waals surface area contributed by atoms with Crippen molar-refractivity contribution in [2.24, 2.45) is 0 Å². The zero-order chi connectivity index (χ0) is 6.53. The second-order valence-electron chi connectivity index (χ2n) is 1.91. The molecule has 0 aromatic rings. The smallest absolute Gasteiger partial charge is 0.0606 e. The molecule has 0 bridgehead atoms. The van der Waals surface area contributed by atoms with Crippen LogP contribution in [0.1, 0.15) is 0 Å². The maximum Gasteiger partial charge on any atom is 0.0606 e. The lowest BCUT2D eigenvalue weighted by Crippen LogP contribution is -2.22. The Bertz CT molecular complexity index is 129. The highest BCUT2D eigenvalue weighted by atomic mass is 16.3. The van der Waals surface area contributed by atoms with E-state index in [2.05, 4.69) is 6.08 Å². The molecular formula is C7H10NO. The summed E-state index contributed by atoms with van der Waals surface area (Å²) in [5.74, 6) is 0. The van der Waals surface area contributed by atoms with E-state index < -0.39 is 0 Å². The van der Waals surface area contributed by atoms with Gasteiger partial charge in [0.15, 0.2) is 0 Å². The third-order valence-electron chi connectivity index (χ3n) is 1.19. The quantitative estimate of drug-likeness (QED) is 0.567. The predicted molar refractivity (Wildman–Crippen MR) is 35.6 cm³/mol. The summed E-state index contributed by atoms with van der Waals surface area (Å²) < 4.78 is 0. The lowest BCUT2D eigenvalue weighted by atomic mass is 10.3. The second-order valence-corrected chi connectivity index (χ2v) is 1.91. The van der Waals surface area contributed by atoms with Gasteiger partial charge in [-0.05, 0) is 18.4 Å². The van der Waals surface area contributed by atoms with Gasteiger partial charge in [-0.3, -0.25) is 0 Å². The Hall–Kier alpha value is -0.760. The molecule has 0 unspecified atom stereocenters. The standard InChI is InChI=1S/C7H10NO/c9-7-6-8-4-2-1-3-5-8/h1-2,4,9H,5-7H2. The van der Waals surface area contributed by atoms with Crippen LogP contribution in [0.25, 0.3) is 0 Å². The third-order valence-corrected chi connectivity index (χ3v) is 1.19. The van der Waals surface area contributed by atoms with E-state index >= 15 is 0 Å². The fourth-order valence-corrected chi connectivity index (χ4v) is 0.737. The molecule has 0 saturated heterocycles. The lowest BCUT2D eigenvalue weighted by Gasteiger charge is -2.17. The molecule has 49 valence electrons. The molecule has 0 aromatic carbocycles. The molecule has 9 heavy (non-hydrogen) atoms. The molecule has 0 atom stereocenters. The van der Waals surface area contributed by atoms with Crippen LogP contribution in [-0.2, 0) is 0 Å². The number of aliphatic hydroxyl groups is 1. The number of nitrogens with zero attached hydrogens (tertiary/aromatic N) is 1. The van der Waals surface area contributed by atoms with Crippen molar-refractivity contribution in [3.63, 3.8) is 0 Å². The van der Waals surface area contributed by atoms with Crippen molar-refractivity contribution in [1.29, 1.82) is 0 Å². The number of β-amino-alcohol motifs (C(OH)–C–C–N with tert-alkyl or cyclic N) is 1. The van der Waals surface area contributed by atoms with Crippen molar-refractivity contribution >= 4 is 0 Å². The zero-order valence-corrected chi connectivity index (χ0v) is 5.25. The first-order chi connectivity index (χ1) is 4.43. The first kappa shape index (κ1) is 6.36. The number of allylic oxidation sites excluding steroid dienone is 2. The maximum absolute atomic E-state index is 8.50. The molecule has 0 saturated carbocycles. The molecule has 1 radical (unpaired) electrons. The summed E-state index contributed by atoms with van der Waals surface area (Å²) in [7, 11) is 0. The molecule has 2 nitrogen and oxygen atoms in total. The first-order valence-corrected chi connectivity index (χ1v) is 3.02. The van der Waals surface area contributed by atoms with Gasteiger partial charge in [-0.1, -0.05) is 6.08 Å². The van der Waals surface area contributed by atoms with Gasteiger partial charge in [0.2, 0.25) is 0 Å². The number of hydrogen-bond donors (Lipinski definition) is 1. The van der Waals surface area contributed by atoms with Crippen LogP contribution in [0.5, 0.6) is 0 Å². The van der Waals surface area contributed by atoms with Gasteiger partial charge in [-0.2, -0.15) is 0 Å². The van der Waals surface area contributed by atoms with Gasteiger partial charge in [0.1, 0.15) is 0 Å². The molecule has 1 heterocycles. The summed E-state index contributed by atoms with van der Waals surface area (Å²) in [5, 5.41) is 8.50. The average molecular weight is 124 g/mol. The number of aliphatic hydroxyl groups excluding tert-OH is 1. The number of hydrogen-bond acceptors (Lipinski definition) is 2. The molecule has 1 aliphatic rings. The fourth-order valence-electron chi connectivity index (χ4n) is 0.737. The van der Waals surface area contributed by atoms with E-state index in [1.54, 1.807) is 0 Å². The molecule has 2 heteroatoms. The van der Waals surface area contributed by atoms with Crippen LogP contribution in [0.3, 0.4) is 0 Å². The Morgan fingerprint density at radius 1 is 1.67 bits per heavy atom. The Balaban J connectivity index is 2.28. The monoisotopic (exact) mass is 124 g/mol. The van der Waals surface area contributed by atoms with E-state index in [1.165, 1.54) is 0 Å². The van der Waals surface area contributed by atoms with Gasteiger partial charge in [0, 0.05) is 13.1 Å². The summed E-state index contributed by atoms with van der Waals surface area (Å²) in [6.07, 6.45) is 8.77. The van der Waals surface area contributed by atoms with Gasteiger partial charge in [0.25, 0.3) is 0 Å². The van der Waals surface area contributed by atoms with Crippen molar-refractivity contribution in [3.8, 4) is 0 Å². The SMILES string of the molecule is OCCN1C=CC=[C]C1. The van der Waals surface area contributed by atoms with Gasteiger partial charge in [-0.15, -0.1) is 0 Å². The lowest BCUT2D eigenvalue weighted by molar-refractivity contribution is 0.243. The van der Waals surface area contributed by atoms with Crippen LogP contribution in [0.2, 0.25) is 0 Å². The molecule has 1 aliphatic heterocycles. The van der Waals surface area contributed by atoms with Gasteiger partial charge >= 0.3 is 0 Å². The normalized spacial score (nSPS) is 16.8. The van der Waals surface area contributed by atoms with E-state index in [4.69, 9.17) is 5.11 Å². The largest absolute Gasteiger partial charge is 0.395 e. The van der Waals surface area contributed by atoms with E-state index in [-0.39, 0.29) is 6.61 Å². The molecular weight excluding hydrogens is 114 g/mol. The highest BCUT2D eigenvalue weighted by Crippen LogP contribution is 1.95. The van der Waals surface area contributed by atoms with Crippen molar-refractivity contribution in [2.45, 2.75) is 0 Å². The van der Waals surface area contributed by atoms with Crippen molar-refractivity contribution in [1.82, 2.24) is 4.90 Å². The van der Waals surface area contributed by atoms with Crippen LogP contribution in [0.4, 0.5) is 0 Å². The van der Waals surface area contributed by atoms with Crippen LogP contribution in [0, 0.1) is 6.08 Å². The van der Waals surface area contributed by atoms with Crippen LogP contribution in [-0.4, -0.2) is 29.7 Å². The Kier molecular flexibility index (Phi) is 2.33. The Labute approximate surface area is 55.1 Å². The van der Waals surface area contributed by atoms with Crippen LogP contribution < -0.4 is 0 Å². The zero-order valence-electron chi connectivity index (χ0n) is 5.25. The summed E-state index contributed by atoms with van der Waals surface area (Å²) in [6, 6.07) is 0. The highest BCUT2D eigenvalue weighted by Gasteiger charge is 1.95. The minimum atomic E-state index is 0.214. The summed E-state index contributed by atoms with van der Waals surface area (Å²) in [5.41, 5.74) is 0. The Morgan fingerprint density at radius 2 is 2.56 bits per heavy atom. The Morgan fingerprint density at radius 3 is 3.11 bits per heavy atom. The van der Waals surface area contributed by atoms with Gasteiger partial charge in [-0.25, -0.2) is 0 Å². The average Bonchev–Trinajstić information content (AvgIpc) is 1.91. The molecule has 0 aromatic heterocycles. The molecule has 0 fully saturated rings. The van der Waals surface area contributed by atoms with Crippen LogP contribution in [0.15, 0.2) is 18.4 Å². The predicted octanol–water partition coefficient (Wildman–Crippen LogP) is 0.167. The van der Waals surface area contributed by atoms with Crippen LogP contribution >= 0.6 is 0 Å². The van der Waals surface area contributed by atoms with Gasteiger partial charge < -0.3 is 10.0 Å². The minimum Gasteiger partial charge on any atom is -0.395 e. The van der Waals surface area contributed by atoms with Gasteiger partial charge in [0.05, 0.1) is 6.61 Å². The fraction of sp³-hybridized carbons (Fsp3) is 0.429. The van der Waals surface area contributed by atoms with Crippen molar-refractivity contribution in [3.05, 3.63) is 24.4 Å².